The Bertz CT molecular complexity index is 726. The van der Waals surface area contributed by atoms with Crippen molar-refractivity contribution in [3.63, 3.8) is 0 Å². The molecule has 0 bridgehead atoms. The van der Waals surface area contributed by atoms with Crippen LogP contribution in [-0.2, 0) is 10.9 Å². The van der Waals surface area contributed by atoms with Gasteiger partial charge in [0.25, 0.3) is 0 Å². The predicted molar refractivity (Wildman–Crippen MR) is 97.4 cm³/mol. The molecule has 2 saturated heterocycles. The van der Waals surface area contributed by atoms with Gasteiger partial charge in [-0.1, -0.05) is 11.6 Å². The van der Waals surface area contributed by atoms with E-state index in [4.69, 9.17) is 16.3 Å². The minimum Gasteiger partial charge on any atom is -0.444 e. The third-order valence-corrected chi connectivity index (χ3v) is 4.80. The lowest BCUT2D eigenvalue weighted by Gasteiger charge is -2.48. The Morgan fingerprint density at radius 3 is 2.29 bits per heavy atom. The summed E-state index contributed by atoms with van der Waals surface area (Å²) >= 11 is 5.72. The zero-order valence-corrected chi connectivity index (χ0v) is 16.7. The van der Waals surface area contributed by atoms with Gasteiger partial charge in [0.15, 0.2) is 0 Å². The zero-order chi connectivity index (χ0) is 20.7. The van der Waals surface area contributed by atoms with Crippen molar-refractivity contribution in [2.45, 2.75) is 38.6 Å². The van der Waals surface area contributed by atoms with Crippen LogP contribution in [0, 0.1) is 0 Å². The average Bonchev–Trinajstić information content (AvgIpc) is 2.51. The van der Waals surface area contributed by atoms with Gasteiger partial charge in [-0.25, -0.2) is 14.8 Å². The van der Waals surface area contributed by atoms with Crippen LogP contribution in [0.4, 0.5) is 23.8 Å². The number of hydrogen-bond acceptors (Lipinski definition) is 6. The lowest BCUT2D eigenvalue weighted by atomic mass is 10.1. The smallest absolute Gasteiger partial charge is 0.444 e. The van der Waals surface area contributed by atoms with E-state index < -0.39 is 17.6 Å². The van der Waals surface area contributed by atoms with E-state index in [2.05, 4.69) is 14.9 Å². The molecule has 0 aliphatic carbocycles. The summed E-state index contributed by atoms with van der Waals surface area (Å²) in [5.74, 6) is -1.06. The first kappa shape index (κ1) is 20.9. The van der Waals surface area contributed by atoms with Gasteiger partial charge in [0.1, 0.15) is 16.6 Å². The van der Waals surface area contributed by atoms with E-state index in [9.17, 15) is 18.0 Å². The largest absolute Gasteiger partial charge is 0.451 e. The molecule has 0 spiro atoms. The molecule has 28 heavy (non-hydrogen) atoms. The molecule has 0 unspecified atom stereocenters. The van der Waals surface area contributed by atoms with Crippen LogP contribution in [0.25, 0.3) is 0 Å². The maximum atomic E-state index is 12.9. The van der Waals surface area contributed by atoms with E-state index in [0.29, 0.717) is 39.3 Å². The minimum absolute atomic E-state index is 0.177. The van der Waals surface area contributed by atoms with Crippen molar-refractivity contribution in [2.75, 3.05) is 44.2 Å². The molecule has 0 saturated carbocycles. The Hall–Kier alpha value is -1.81. The monoisotopic (exact) mass is 421 g/mol. The van der Waals surface area contributed by atoms with Crippen LogP contribution in [0.15, 0.2) is 6.07 Å². The number of ether oxygens (including phenoxy) is 1. The standard InChI is InChI=1S/C17H23ClF3N5O2/c1-16(2,3)28-15(27)25-6-4-24(5-7-25)11-9-26(10-11)13-8-12(18)22-14(23-13)17(19,20)21/h8,11H,4-7,9-10H2,1-3H3. The first-order valence-electron chi connectivity index (χ1n) is 9.01. The highest BCUT2D eigenvalue weighted by Crippen LogP contribution is 2.31. The molecule has 3 heterocycles. The highest BCUT2D eigenvalue weighted by molar-refractivity contribution is 6.29. The third kappa shape index (κ3) is 4.96. The van der Waals surface area contributed by atoms with Gasteiger partial charge < -0.3 is 14.5 Å². The number of anilines is 1. The number of carbonyl (C=O) groups excluding carboxylic acids is 1. The zero-order valence-electron chi connectivity index (χ0n) is 16.0. The van der Waals surface area contributed by atoms with Gasteiger partial charge in [0, 0.05) is 51.4 Å². The van der Waals surface area contributed by atoms with E-state index in [0.717, 1.165) is 0 Å². The summed E-state index contributed by atoms with van der Waals surface area (Å²) in [6, 6.07) is 1.54. The van der Waals surface area contributed by atoms with Crippen molar-refractivity contribution in [1.29, 1.82) is 0 Å². The van der Waals surface area contributed by atoms with Crippen LogP contribution in [0.5, 0.6) is 0 Å². The lowest BCUT2D eigenvalue weighted by Crippen LogP contribution is -2.64. The SMILES string of the molecule is CC(C)(C)OC(=O)N1CCN(C2CN(c3cc(Cl)nc(C(F)(F)F)n3)C2)CC1. The van der Waals surface area contributed by atoms with Gasteiger partial charge in [-0.3, -0.25) is 4.90 Å². The second kappa shape index (κ2) is 7.55. The van der Waals surface area contributed by atoms with Crippen LogP contribution < -0.4 is 4.90 Å². The van der Waals surface area contributed by atoms with Gasteiger partial charge in [0.05, 0.1) is 0 Å². The quantitative estimate of drug-likeness (QED) is 0.684. The molecule has 0 atom stereocenters. The molecule has 7 nitrogen and oxygen atoms in total. The predicted octanol–water partition coefficient (Wildman–Crippen LogP) is 2.89. The number of hydrogen-bond donors (Lipinski definition) is 0. The van der Waals surface area contributed by atoms with Gasteiger partial charge >= 0.3 is 12.3 Å². The molecule has 3 rings (SSSR count). The molecule has 1 aromatic heterocycles. The molecule has 2 fully saturated rings. The summed E-state index contributed by atoms with van der Waals surface area (Å²) in [4.78, 5) is 24.6. The van der Waals surface area contributed by atoms with Gasteiger partial charge in [-0.2, -0.15) is 13.2 Å². The Morgan fingerprint density at radius 1 is 1.14 bits per heavy atom. The summed E-state index contributed by atoms with van der Waals surface area (Å²) in [6.07, 6.45) is -4.96. The summed E-state index contributed by atoms with van der Waals surface area (Å²) in [5.41, 5.74) is -0.531. The molecular weight excluding hydrogens is 399 g/mol. The number of alkyl halides is 3. The van der Waals surface area contributed by atoms with E-state index in [-0.39, 0.29) is 23.1 Å². The van der Waals surface area contributed by atoms with Gasteiger partial charge in [0.2, 0.25) is 5.82 Å². The van der Waals surface area contributed by atoms with Crippen LogP contribution >= 0.6 is 11.6 Å². The first-order chi connectivity index (χ1) is 12.9. The van der Waals surface area contributed by atoms with Crippen LogP contribution in [0.3, 0.4) is 0 Å². The highest BCUT2D eigenvalue weighted by Gasteiger charge is 2.39. The number of halogens is 4. The summed E-state index contributed by atoms with van der Waals surface area (Å²) < 4.78 is 43.9. The highest BCUT2D eigenvalue weighted by atomic mass is 35.5. The van der Waals surface area contributed by atoms with E-state index in [1.165, 1.54) is 6.07 Å². The number of amides is 1. The van der Waals surface area contributed by atoms with E-state index in [1.807, 2.05) is 20.8 Å². The van der Waals surface area contributed by atoms with Crippen molar-refractivity contribution in [1.82, 2.24) is 19.8 Å². The first-order valence-corrected chi connectivity index (χ1v) is 9.39. The summed E-state index contributed by atoms with van der Waals surface area (Å²) in [6.45, 7) is 9.08. The fraction of sp³-hybridized carbons (Fsp3) is 0.706. The van der Waals surface area contributed by atoms with Crippen molar-refractivity contribution in [3.8, 4) is 0 Å². The topological polar surface area (TPSA) is 61.8 Å². The molecule has 0 radical (unpaired) electrons. The third-order valence-electron chi connectivity index (χ3n) is 4.60. The van der Waals surface area contributed by atoms with Crippen LogP contribution in [0.2, 0.25) is 5.15 Å². The number of piperazine rings is 1. The molecule has 11 heteroatoms. The van der Waals surface area contributed by atoms with Crippen LogP contribution in [0.1, 0.15) is 26.6 Å². The van der Waals surface area contributed by atoms with Gasteiger partial charge in [-0.15, -0.1) is 0 Å². The maximum absolute atomic E-state index is 12.9. The Labute approximate surface area is 166 Å². The van der Waals surface area contributed by atoms with E-state index >= 15 is 0 Å². The number of nitrogens with zero attached hydrogens (tertiary/aromatic N) is 5. The number of rotatable bonds is 2. The summed E-state index contributed by atoms with van der Waals surface area (Å²) in [5, 5.41) is -0.230. The van der Waals surface area contributed by atoms with Crippen molar-refractivity contribution < 1.29 is 22.7 Å². The Morgan fingerprint density at radius 2 is 1.75 bits per heavy atom. The Kier molecular flexibility index (Phi) is 5.64. The fourth-order valence-electron chi connectivity index (χ4n) is 3.16. The van der Waals surface area contributed by atoms with Crippen molar-refractivity contribution in [3.05, 3.63) is 17.0 Å². The molecule has 2 aliphatic heterocycles. The number of aromatic nitrogens is 2. The summed E-state index contributed by atoms with van der Waals surface area (Å²) in [7, 11) is 0. The molecule has 1 amide bonds. The second-order valence-corrected chi connectivity index (χ2v) is 8.32. The molecule has 156 valence electrons. The molecule has 2 aliphatic rings. The van der Waals surface area contributed by atoms with Crippen molar-refractivity contribution in [2.24, 2.45) is 0 Å². The molecule has 0 aromatic carbocycles. The normalized spacial score (nSPS) is 19.5. The Balaban J connectivity index is 1.52. The number of carbonyl (C=O) groups is 1. The maximum Gasteiger partial charge on any atom is 0.451 e. The van der Waals surface area contributed by atoms with Crippen LogP contribution in [-0.4, -0.2) is 76.8 Å². The second-order valence-electron chi connectivity index (χ2n) is 7.93. The molecular formula is C17H23ClF3N5O2. The van der Waals surface area contributed by atoms with E-state index in [1.54, 1.807) is 9.80 Å². The van der Waals surface area contributed by atoms with Gasteiger partial charge in [-0.05, 0) is 20.8 Å². The minimum atomic E-state index is -4.64. The average molecular weight is 422 g/mol. The van der Waals surface area contributed by atoms with Crippen molar-refractivity contribution >= 4 is 23.5 Å². The molecule has 1 aromatic rings. The fourth-order valence-corrected chi connectivity index (χ4v) is 3.34. The molecule has 0 N–H and O–H groups in total. The lowest BCUT2D eigenvalue weighted by molar-refractivity contribution is -0.144.